The van der Waals surface area contributed by atoms with Crippen LogP contribution < -0.4 is 9.80 Å². The third-order valence-electron chi connectivity index (χ3n) is 15.9. The Hall–Kier alpha value is -10.2. The van der Waals surface area contributed by atoms with E-state index in [0.717, 1.165) is 123 Å². The Morgan fingerprint density at radius 2 is 0.562 bits per heavy atom. The fourth-order valence-electron chi connectivity index (χ4n) is 12.4. The van der Waals surface area contributed by atoms with E-state index in [-0.39, 0.29) is 0 Å². The third kappa shape index (κ3) is 8.41. The first-order valence-electron chi connectivity index (χ1n) is 27.5. The van der Waals surface area contributed by atoms with Crippen LogP contribution in [0.1, 0.15) is 22.3 Å². The summed E-state index contributed by atoms with van der Waals surface area (Å²) in [6.07, 6.45) is 0. The van der Waals surface area contributed by atoms with Gasteiger partial charge in [0.05, 0.1) is 11.4 Å². The molecular weight excluding hydrogens is 973 g/mol. The van der Waals surface area contributed by atoms with Crippen LogP contribution >= 0.6 is 0 Å². The van der Waals surface area contributed by atoms with Crippen molar-refractivity contribution in [1.29, 1.82) is 0 Å². The van der Waals surface area contributed by atoms with E-state index in [4.69, 9.17) is 8.83 Å². The largest absolute Gasteiger partial charge is 0.455 e. The summed E-state index contributed by atoms with van der Waals surface area (Å²) in [6.45, 7) is 9.08. The minimum atomic E-state index is 0.897. The van der Waals surface area contributed by atoms with E-state index < -0.39 is 0 Å². The number of para-hydroxylation sites is 6. The average Bonchev–Trinajstić information content (AvgIpc) is 4.11. The SMILES string of the molecule is Cc1cc(N(c2ccc(-c3cccc4c3oc3ccccc34)cc2)c2ccccc2-c2ccccc2)cc(C)c1-c1c(C)cc(N(c2ccc(-c3cccc4c3oc3ccccc34)cc2)c2ccccc2-c2ccccc2)cc1C. The number of benzene rings is 12. The van der Waals surface area contributed by atoms with E-state index in [2.05, 4.69) is 280 Å². The van der Waals surface area contributed by atoms with E-state index in [1.54, 1.807) is 0 Å². The lowest BCUT2D eigenvalue weighted by Gasteiger charge is -2.31. The van der Waals surface area contributed by atoms with Crippen LogP contribution in [0.3, 0.4) is 0 Å². The van der Waals surface area contributed by atoms with Crippen LogP contribution in [0.2, 0.25) is 0 Å². The van der Waals surface area contributed by atoms with Gasteiger partial charge in [-0.3, -0.25) is 0 Å². The Kier molecular flexibility index (Phi) is 12.1. The molecule has 2 heterocycles. The number of anilines is 6. The molecular formula is C76H56N2O2. The maximum absolute atomic E-state index is 6.51. The molecule has 0 spiro atoms. The molecule has 0 atom stereocenters. The predicted octanol–water partition coefficient (Wildman–Crippen LogP) is 22.0. The second kappa shape index (κ2) is 20.0. The standard InChI is InChI=1S/C76H56N2O2/c1-49-45-59(77(69-33-15-11-25-61(69)53-21-7-5-8-22-53)57-41-37-55(38-42-57)63-29-19-31-67-65-27-13-17-35-71(65)79-75(63)67)46-50(2)73(49)74-51(3)47-60(48-52(74)4)78(70-34-16-12-26-62(70)54-23-9-6-10-24-54)58-43-39-56(40-44-58)64-30-20-32-68-66-28-14-18-36-72(66)80-76(64)68/h5-48H,1-4H3. The summed E-state index contributed by atoms with van der Waals surface area (Å²) < 4.78 is 13.0. The van der Waals surface area contributed by atoms with Gasteiger partial charge >= 0.3 is 0 Å². The highest BCUT2D eigenvalue weighted by Crippen LogP contribution is 2.48. The zero-order valence-electron chi connectivity index (χ0n) is 45.1. The van der Waals surface area contributed by atoms with E-state index in [9.17, 15) is 0 Å². The van der Waals surface area contributed by atoms with Crippen molar-refractivity contribution >= 4 is 78.0 Å². The number of hydrogen-bond acceptors (Lipinski definition) is 4. The van der Waals surface area contributed by atoms with Gasteiger partial charge in [0.15, 0.2) is 0 Å². The molecule has 12 aromatic carbocycles. The molecule has 0 aliphatic rings. The van der Waals surface area contributed by atoms with Crippen LogP contribution in [0.25, 0.3) is 99.5 Å². The first-order valence-corrected chi connectivity index (χ1v) is 27.5. The maximum Gasteiger partial charge on any atom is 0.143 e. The first-order chi connectivity index (χ1) is 39.3. The average molecular weight is 1030 g/mol. The van der Waals surface area contributed by atoms with Gasteiger partial charge in [-0.15, -0.1) is 0 Å². The van der Waals surface area contributed by atoms with E-state index in [1.807, 2.05) is 24.3 Å². The summed E-state index contributed by atoms with van der Waals surface area (Å²) in [5, 5.41) is 4.50. The summed E-state index contributed by atoms with van der Waals surface area (Å²) in [5.74, 6) is 0. The van der Waals surface area contributed by atoms with E-state index in [0.29, 0.717) is 0 Å². The molecule has 0 saturated heterocycles. The van der Waals surface area contributed by atoms with Crippen molar-refractivity contribution in [3.8, 4) is 55.6 Å². The smallest absolute Gasteiger partial charge is 0.143 e. The zero-order valence-corrected chi connectivity index (χ0v) is 45.1. The number of fused-ring (bicyclic) bond motifs is 6. The molecule has 0 aliphatic heterocycles. The van der Waals surface area contributed by atoms with Gasteiger partial charge in [-0.05, 0) is 156 Å². The highest BCUT2D eigenvalue weighted by atomic mass is 16.3. The Morgan fingerprint density at radius 3 is 0.963 bits per heavy atom. The second-order valence-electron chi connectivity index (χ2n) is 21.0. The second-order valence-corrected chi connectivity index (χ2v) is 21.0. The summed E-state index contributed by atoms with van der Waals surface area (Å²) in [7, 11) is 0. The van der Waals surface area contributed by atoms with Gasteiger partial charge in [0, 0.05) is 66.5 Å². The van der Waals surface area contributed by atoms with Gasteiger partial charge in [-0.1, -0.05) is 194 Å². The van der Waals surface area contributed by atoms with Gasteiger partial charge in [0.1, 0.15) is 22.3 Å². The van der Waals surface area contributed by atoms with E-state index >= 15 is 0 Å². The lowest BCUT2D eigenvalue weighted by Crippen LogP contribution is -2.13. The summed E-state index contributed by atoms with van der Waals surface area (Å²) >= 11 is 0. The molecule has 4 nitrogen and oxygen atoms in total. The van der Waals surface area contributed by atoms with Gasteiger partial charge in [0.25, 0.3) is 0 Å². The number of nitrogens with zero attached hydrogens (tertiary/aromatic N) is 2. The number of aryl methyl sites for hydroxylation is 4. The normalized spacial score (nSPS) is 11.5. The molecule has 0 unspecified atom stereocenters. The molecule has 4 heteroatoms. The van der Waals surface area contributed by atoms with Gasteiger partial charge in [-0.25, -0.2) is 0 Å². The molecule has 382 valence electrons. The molecule has 14 aromatic rings. The maximum atomic E-state index is 6.51. The molecule has 0 N–H and O–H groups in total. The van der Waals surface area contributed by atoms with Gasteiger partial charge < -0.3 is 18.6 Å². The van der Waals surface area contributed by atoms with Crippen LogP contribution in [-0.4, -0.2) is 0 Å². The van der Waals surface area contributed by atoms with E-state index in [1.165, 1.54) is 33.4 Å². The fourth-order valence-corrected chi connectivity index (χ4v) is 12.4. The Morgan fingerprint density at radius 1 is 0.250 bits per heavy atom. The zero-order chi connectivity index (χ0) is 53.8. The molecule has 2 aromatic heterocycles. The summed E-state index contributed by atoms with van der Waals surface area (Å²) in [5.41, 5.74) is 26.4. The Labute approximate surface area is 466 Å². The lowest BCUT2D eigenvalue weighted by molar-refractivity contribution is 0.669. The molecule has 0 radical (unpaired) electrons. The van der Waals surface area contributed by atoms with Crippen LogP contribution in [0.4, 0.5) is 34.1 Å². The molecule has 0 aliphatic carbocycles. The molecule has 14 rings (SSSR count). The highest BCUT2D eigenvalue weighted by Gasteiger charge is 2.24. The summed E-state index contributed by atoms with van der Waals surface area (Å²) in [6, 6.07) is 95.8. The monoisotopic (exact) mass is 1030 g/mol. The Balaban J connectivity index is 0.870. The first kappa shape index (κ1) is 48.2. The number of rotatable bonds is 11. The van der Waals surface area contributed by atoms with Crippen molar-refractivity contribution in [2.45, 2.75) is 27.7 Å². The molecule has 0 saturated carbocycles. The fraction of sp³-hybridized carbons (Fsp3) is 0.0526. The van der Waals surface area contributed by atoms with Crippen molar-refractivity contribution in [3.63, 3.8) is 0 Å². The van der Waals surface area contributed by atoms with Crippen molar-refractivity contribution in [2.75, 3.05) is 9.80 Å². The Bertz CT molecular complexity index is 4280. The van der Waals surface area contributed by atoms with Crippen LogP contribution in [-0.2, 0) is 0 Å². The van der Waals surface area contributed by atoms with Gasteiger partial charge in [0.2, 0.25) is 0 Å². The van der Waals surface area contributed by atoms with Crippen molar-refractivity contribution in [2.24, 2.45) is 0 Å². The predicted molar refractivity (Wildman–Crippen MR) is 336 cm³/mol. The quantitative estimate of drug-likeness (QED) is 0.129. The minimum absolute atomic E-state index is 0.897. The number of furan rings is 2. The van der Waals surface area contributed by atoms with Crippen molar-refractivity contribution in [3.05, 3.63) is 289 Å². The third-order valence-corrected chi connectivity index (χ3v) is 15.9. The van der Waals surface area contributed by atoms with Crippen molar-refractivity contribution < 1.29 is 8.83 Å². The molecule has 0 bridgehead atoms. The van der Waals surface area contributed by atoms with Crippen LogP contribution in [0.5, 0.6) is 0 Å². The lowest BCUT2D eigenvalue weighted by atomic mass is 9.88. The highest BCUT2D eigenvalue weighted by molar-refractivity contribution is 6.11. The minimum Gasteiger partial charge on any atom is -0.455 e. The topological polar surface area (TPSA) is 32.8 Å². The molecule has 0 fully saturated rings. The molecule has 0 amide bonds. The van der Waals surface area contributed by atoms with Crippen molar-refractivity contribution in [1.82, 2.24) is 0 Å². The van der Waals surface area contributed by atoms with Gasteiger partial charge in [-0.2, -0.15) is 0 Å². The van der Waals surface area contributed by atoms with Crippen LogP contribution in [0.15, 0.2) is 276 Å². The summed E-state index contributed by atoms with van der Waals surface area (Å²) in [4.78, 5) is 4.84. The van der Waals surface area contributed by atoms with Crippen LogP contribution in [0, 0.1) is 27.7 Å². The molecule has 80 heavy (non-hydrogen) atoms. The number of hydrogen-bond donors (Lipinski definition) is 0.